The lowest BCUT2D eigenvalue weighted by atomic mass is 10.3. The summed E-state index contributed by atoms with van der Waals surface area (Å²) in [7, 11) is 0. The fourth-order valence-corrected chi connectivity index (χ4v) is 2.00. The molecule has 1 aliphatic rings. The van der Waals surface area contributed by atoms with Gasteiger partial charge < -0.3 is 0 Å². The minimum absolute atomic E-state index is 0.710. The van der Waals surface area contributed by atoms with Crippen molar-refractivity contribution in [2.75, 3.05) is 6.54 Å². The quantitative estimate of drug-likeness (QED) is 0.893. The summed E-state index contributed by atoms with van der Waals surface area (Å²) in [5.41, 5.74) is 7.57. The number of nitrogens with one attached hydrogen (secondary N) is 2. The molecule has 0 unspecified atom stereocenters. The Bertz CT molecular complexity index is 603. The summed E-state index contributed by atoms with van der Waals surface area (Å²) in [5.74, 6) is 0.822. The van der Waals surface area contributed by atoms with Crippen LogP contribution in [0.3, 0.4) is 0 Å². The van der Waals surface area contributed by atoms with Crippen LogP contribution in [0.5, 0.6) is 0 Å². The van der Waals surface area contributed by atoms with Crippen LogP contribution in [0, 0.1) is 0 Å². The molecule has 1 aromatic heterocycles. The van der Waals surface area contributed by atoms with Crippen LogP contribution in [0.4, 0.5) is 0 Å². The van der Waals surface area contributed by atoms with E-state index in [1.807, 2.05) is 42.4 Å². The van der Waals surface area contributed by atoms with Crippen molar-refractivity contribution in [2.45, 2.75) is 6.92 Å². The van der Waals surface area contributed by atoms with E-state index < -0.39 is 0 Å². The highest BCUT2D eigenvalue weighted by Crippen LogP contribution is 2.14. The number of amidine groups is 1. The fraction of sp³-hybridized carbons (Fsp3) is 0.167. The van der Waals surface area contributed by atoms with Gasteiger partial charge in [0.05, 0.1) is 17.4 Å². The second-order valence-corrected chi connectivity index (χ2v) is 4.49. The molecule has 19 heavy (non-hydrogen) atoms. The summed E-state index contributed by atoms with van der Waals surface area (Å²) in [6, 6.07) is 7.52. The number of benzene rings is 1. The minimum atomic E-state index is 0.710. The van der Waals surface area contributed by atoms with E-state index in [0.29, 0.717) is 5.02 Å². The van der Waals surface area contributed by atoms with Gasteiger partial charge in [-0.25, -0.2) is 10.2 Å². The highest BCUT2D eigenvalue weighted by atomic mass is 35.5. The third kappa shape index (κ3) is 2.27. The Labute approximate surface area is 115 Å². The Balaban J connectivity index is 1.89. The maximum absolute atomic E-state index is 5.87. The highest BCUT2D eigenvalue weighted by Gasteiger charge is 2.18. The molecule has 3 rings (SSSR count). The maximum atomic E-state index is 5.87. The van der Waals surface area contributed by atoms with Gasteiger partial charge in [-0.2, -0.15) is 5.10 Å². The zero-order valence-corrected chi connectivity index (χ0v) is 11.1. The predicted molar refractivity (Wildman–Crippen MR) is 73.8 cm³/mol. The Morgan fingerprint density at radius 2 is 2.05 bits per heavy atom. The summed E-state index contributed by atoms with van der Waals surface area (Å²) < 4.78 is 1.79. The average Bonchev–Trinajstić information content (AvgIpc) is 3.07. The van der Waals surface area contributed by atoms with E-state index >= 15 is 0 Å². The second-order valence-electron chi connectivity index (χ2n) is 4.05. The molecule has 0 fully saturated rings. The first-order chi connectivity index (χ1) is 9.28. The standard InChI is InChI=1S/C12H13ClN6/c1-2-18-12(15-16-17-18)9-7-14-19(8-9)11-5-3-10(13)4-6-11/h3-8,16-17H,2H2,1H3. The van der Waals surface area contributed by atoms with Gasteiger partial charge in [-0.15, -0.1) is 10.6 Å². The lowest BCUT2D eigenvalue weighted by Crippen LogP contribution is -2.40. The summed E-state index contributed by atoms with van der Waals surface area (Å²) >= 11 is 5.87. The number of rotatable bonds is 3. The van der Waals surface area contributed by atoms with Crippen molar-refractivity contribution in [3.63, 3.8) is 0 Å². The zero-order chi connectivity index (χ0) is 13.2. The second kappa shape index (κ2) is 4.91. The van der Waals surface area contributed by atoms with Crippen molar-refractivity contribution in [1.82, 2.24) is 25.9 Å². The van der Waals surface area contributed by atoms with Gasteiger partial charge in [-0.3, -0.25) is 5.01 Å². The molecule has 1 aromatic carbocycles. The molecule has 0 amide bonds. The van der Waals surface area contributed by atoms with Gasteiger partial charge in [0.2, 0.25) is 0 Å². The lowest BCUT2D eigenvalue weighted by Gasteiger charge is -2.14. The van der Waals surface area contributed by atoms with E-state index in [1.54, 1.807) is 10.9 Å². The van der Waals surface area contributed by atoms with Crippen molar-refractivity contribution < 1.29 is 0 Å². The van der Waals surface area contributed by atoms with Crippen LogP contribution in [0.1, 0.15) is 12.5 Å². The van der Waals surface area contributed by atoms with Gasteiger partial charge in [-0.05, 0) is 31.2 Å². The fourth-order valence-electron chi connectivity index (χ4n) is 1.87. The molecular formula is C12H13ClN6. The summed E-state index contributed by atoms with van der Waals surface area (Å²) in [6.07, 6.45) is 3.71. The maximum Gasteiger partial charge on any atom is 0.176 e. The molecule has 0 saturated heterocycles. The average molecular weight is 277 g/mol. The van der Waals surface area contributed by atoms with Gasteiger partial charge in [-0.1, -0.05) is 11.6 Å². The summed E-state index contributed by atoms with van der Waals surface area (Å²) in [4.78, 5) is 0. The molecule has 2 heterocycles. The van der Waals surface area contributed by atoms with Crippen LogP contribution in [0.25, 0.3) is 5.69 Å². The van der Waals surface area contributed by atoms with Gasteiger partial charge in [0, 0.05) is 17.8 Å². The van der Waals surface area contributed by atoms with E-state index in [2.05, 4.69) is 21.3 Å². The van der Waals surface area contributed by atoms with E-state index in [0.717, 1.165) is 23.6 Å². The molecular weight excluding hydrogens is 264 g/mol. The monoisotopic (exact) mass is 276 g/mol. The topological polar surface area (TPSA) is 57.5 Å². The predicted octanol–water partition coefficient (Wildman–Crippen LogP) is 1.53. The van der Waals surface area contributed by atoms with Crippen molar-refractivity contribution in [3.05, 3.63) is 47.2 Å². The molecule has 0 saturated carbocycles. The van der Waals surface area contributed by atoms with Gasteiger partial charge in [0.15, 0.2) is 5.84 Å². The lowest BCUT2D eigenvalue weighted by molar-refractivity contribution is 0.308. The van der Waals surface area contributed by atoms with E-state index in [1.165, 1.54) is 0 Å². The summed E-state index contributed by atoms with van der Waals surface area (Å²) in [6.45, 7) is 2.84. The first-order valence-corrected chi connectivity index (χ1v) is 6.32. The van der Waals surface area contributed by atoms with Crippen molar-refractivity contribution in [3.8, 4) is 5.69 Å². The van der Waals surface area contributed by atoms with Crippen molar-refractivity contribution in [1.29, 1.82) is 0 Å². The SMILES string of the molecule is CCN1NNN=C1c1cnn(-c2ccc(Cl)cc2)c1. The number of halogens is 1. The first kappa shape index (κ1) is 12.0. The molecule has 2 aromatic rings. The number of hydrogen-bond acceptors (Lipinski definition) is 5. The Morgan fingerprint density at radius 1 is 1.26 bits per heavy atom. The smallest absolute Gasteiger partial charge is 0.176 e. The molecule has 1 aliphatic heterocycles. The van der Waals surface area contributed by atoms with Crippen LogP contribution in [0.15, 0.2) is 41.8 Å². The number of hydrazone groups is 1. The molecule has 0 spiro atoms. The van der Waals surface area contributed by atoms with Crippen LogP contribution in [0.2, 0.25) is 5.02 Å². The molecule has 0 bridgehead atoms. The Morgan fingerprint density at radius 3 is 2.79 bits per heavy atom. The summed E-state index contributed by atoms with van der Waals surface area (Å²) in [5, 5.41) is 11.1. The van der Waals surface area contributed by atoms with Gasteiger partial charge in [0.25, 0.3) is 0 Å². The number of hydrogen-bond donors (Lipinski definition) is 2. The number of nitrogens with zero attached hydrogens (tertiary/aromatic N) is 4. The number of aromatic nitrogens is 2. The number of hydrazine groups is 2. The molecule has 0 aliphatic carbocycles. The van der Waals surface area contributed by atoms with Crippen LogP contribution in [-0.2, 0) is 0 Å². The molecule has 0 atom stereocenters. The van der Waals surface area contributed by atoms with Crippen LogP contribution in [-0.4, -0.2) is 27.2 Å². The van der Waals surface area contributed by atoms with Gasteiger partial charge in [0.1, 0.15) is 0 Å². The first-order valence-electron chi connectivity index (χ1n) is 5.95. The molecule has 98 valence electrons. The molecule has 2 N–H and O–H groups in total. The van der Waals surface area contributed by atoms with Crippen LogP contribution < -0.4 is 11.1 Å². The van der Waals surface area contributed by atoms with E-state index in [-0.39, 0.29) is 0 Å². The van der Waals surface area contributed by atoms with Crippen LogP contribution >= 0.6 is 11.6 Å². The van der Waals surface area contributed by atoms with Crippen molar-refractivity contribution in [2.24, 2.45) is 5.10 Å². The van der Waals surface area contributed by atoms with E-state index in [4.69, 9.17) is 11.6 Å². The molecule has 7 heteroatoms. The third-order valence-corrected chi connectivity index (χ3v) is 3.10. The normalized spacial score (nSPS) is 14.4. The van der Waals surface area contributed by atoms with E-state index in [9.17, 15) is 0 Å². The third-order valence-electron chi connectivity index (χ3n) is 2.85. The van der Waals surface area contributed by atoms with Crippen molar-refractivity contribution >= 4 is 17.4 Å². The largest absolute Gasteiger partial charge is 0.271 e. The Hall–Kier alpha value is -2.05. The Kier molecular flexibility index (Phi) is 3.10. The highest BCUT2D eigenvalue weighted by molar-refractivity contribution is 6.30. The minimum Gasteiger partial charge on any atom is -0.271 e. The zero-order valence-electron chi connectivity index (χ0n) is 10.3. The van der Waals surface area contributed by atoms with Gasteiger partial charge >= 0.3 is 0 Å². The molecule has 0 radical (unpaired) electrons. The molecule has 6 nitrogen and oxygen atoms in total.